The molecule has 6 amide bonds. The predicted octanol–water partition coefficient (Wildman–Crippen LogP) is 2.56. The number of hydrogen-bond donors (Lipinski definition) is 6. The van der Waals surface area contributed by atoms with E-state index in [2.05, 4.69) is 36.6 Å². The van der Waals surface area contributed by atoms with Crippen LogP contribution in [0.3, 0.4) is 0 Å². The number of carbonyl (C=O) groups excluding carboxylic acids is 6. The van der Waals surface area contributed by atoms with E-state index in [1.807, 2.05) is 27.7 Å². The van der Waals surface area contributed by atoms with Gasteiger partial charge in [0.15, 0.2) is 6.10 Å². The average Bonchev–Trinajstić information content (AvgIpc) is 3.65. The monoisotopic (exact) mass is 776 g/mol. The molecule has 0 saturated heterocycles. The van der Waals surface area contributed by atoms with E-state index in [0.717, 1.165) is 32.1 Å². The van der Waals surface area contributed by atoms with Crippen molar-refractivity contribution in [3.8, 4) is 0 Å². The molecule has 4 rings (SSSR count). The summed E-state index contributed by atoms with van der Waals surface area (Å²) in [4.78, 5) is 90.9. The first-order chi connectivity index (χ1) is 26.6. The Labute approximate surface area is 330 Å². The van der Waals surface area contributed by atoms with Gasteiger partial charge in [0.05, 0.1) is 18.2 Å². The molecule has 6 N–H and O–H groups in total. The fraction of sp³-hybridized carbons (Fsp3) is 0.610. The molecular formula is C41H60N8O7. The van der Waals surface area contributed by atoms with Crippen molar-refractivity contribution in [3.05, 3.63) is 60.2 Å². The average molecular weight is 777 g/mol. The lowest BCUT2D eigenvalue weighted by atomic mass is 9.82. The van der Waals surface area contributed by atoms with Gasteiger partial charge in [-0.15, -0.1) is 0 Å². The van der Waals surface area contributed by atoms with Gasteiger partial charge in [0, 0.05) is 32.5 Å². The van der Waals surface area contributed by atoms with E-state index >= 15 is 0 Å². The zero-order chi connectivity index (χ0) is 41.0. The van der Waals surface area contributed by atoms with Crippen LogP contribution in [-0.2, 0) is 24.0 Å². The van der Waals surface area contributed by atoms with Crippen molar-refractivity contribution in [2.24, 2.45) is 17.3 Å². The number of likely N-dealkylation sites (N-methyl/N-ethyl adjacent to an activating group) is 1. The van der Waals surface area contributed by atoms with E-state index in [1.54, 1.807) is 44.4 Å². The summed E-state index contributed by atoms with van der Waals surface area (Å²) in [5.74, 6) is -3.82. The molecule has 1 heterocycles. The van der Waals surface area contributed by atoms with Crippen molar-refractivity contribution >= 4 is 35.4 Å². The zero-order valence-corrected chi connectivity index (χ0v) is 33.5. The number of aliphatic hydroxyl groups is 1. The van der Waals surface area contributed by atoms with Crippen molar-refractivity contribution in [1.29, 1.82) is 0 Å². The summed E-state index contributed by atoms with van der Waals surface area (Å²) in [6.45, 7) is 7.37. The zero-order valence-electron chi connectivity index (χ0n) is 33.5. The predicted molar refractivity (Wildman–Crippen MR) is 209 cm³/mol. The van der Waals surface area contributed by atoms with Gasteiger partial charge in [-0.25, -0.2) is 4.98 Å². The highest BCUT2D eigenvalue weighted by Crippen LogP contribution is 2.30. The summed E-state index contributed by atoms with van der Waals surface area (Å²) in [5, 5.41) is 25.6. The molecule has 2 aromatic rings. The molecule has 0 bridgehead atoms. The standard InChI is InChI=1S/C41H60N8O7/c1-7-15-29(33(50)38(54)47-32(40(56)49(5)6)26-18-12-9-13-19-26)45-35(51)27-20-14-21-28(27)44-39(55)34(41(2,3)4)48-37(53)31(25-16-10-8-11-17-25)46-36(52)30-24-42-22-23-43-30/h9,12-13,18-19,22-25,27-29,31-34,50H,7-8,10-11,14-17,20-21H2,1-6H3,(H,44,55)(H,45,51)(H,46,52)(H,47,54)(H,48,53)/t27-,28+,29+,31+,32-,33?,34-/m1/s1. The number of amides is 6. The van der Waals surface area contributed by atoms with Crippen LogP contribution in [0.25, 0.3) is 0 Å². The quantitative estimate of drug-likeness (QED) is 0.148. The Bertz CT molecular complexity index is 1650. The Morgan fingerprint density at radius 1 is 0.839 bits per heavy atom. The van der Waals surface area contributed by atoms with Gasteiger partial charge in [0.2, 0.25) is 23.6 Å². The lowest BCUT2D eigenvalue weighted by molar-refractivity contribution is -0.139. The fourth-order valence-corrected chi connectivity index (χ4v) is 7.63. The highest BCUT2D eigenvalue weighted by atomic mass is 16.3. The van der Waals surface area contributed by atoms with Gasteiger partial charge >= 0.3 is 0 Å². The molecule has 15 nitrogen and oxygen atoms in total. The Balaban J connectivity index is 1.44. The summed E-state index contributed by atoms with van der Waals surface area (Å²) in [6, 6.07) is 4.26. The second-order valence-electron chi connectivity index (χ2n) is 16.3. The smallest absolute Gasteiger partial charge is 0.272 e. The van der Waals surface area contributed by atoms with Gasteiger partial charge in [-0.05, 0) is 49.0 Å². The van der Waals surface area contributed by atoms with Crippen LogP contribution in [-0.4, -0.2) is 99.8 Å². The van der Waals surface area contributed by atoms with Crippen LogP contribution in [0.4, 0.5) is 0 Å². The van der Waals surface area contributed by atoms with E-state index in [9.17, 15) is 33.9 Å². The first kappa shape index (κ1) is 43.8. The Hall–Kier alpha value is -4.92. The maximum Gasteiger partial charge on any atom is 0.272 e. The molecule has 2 aliphatic carbocycles. The summed E-state index contributed by atoms with van der Waals surface area (Å²) >= 11 is 0. The number of aromatic nitrogens is 2. The third-order valence-corrected chi connectivity index (χ3v) is 10.8. The molecule has 1 aromatic carbocycles. The number of nitrogens with zero attached hydrogens (tertiary/aromatic N) is 3. The lowest BCUT2D eigenvalue weighted by Crippen LogP contribution is -2.61. The molecule has 2 fully saturated rings. The first-order valence-electron chi connectivity index (χ1n) is 19.8. The summed E-state index contributed by atoms with van der Waals surface area (Å²) in [6.07, 6.45) is 9.41. The molecule has 0 radical (unpaired) electrons. The van der Waals surface area contributed by atoms with Gasteiger partial charge in [0.1, 0.15) is 23.8 Å². The maximum atomic E-state index is 14.0. The van der Waals surface area contributed by atoms with Crippen LogP contribution >= 0.6 is 0 Å². The number of aliphatic hydroxyl groups excluding tert-OH is 1. The normalized spacial score (nSPS) is 20.0. The van der Waals surface area contributed by atoms with Crippen LogP contribution in [0.2, 0.25) is 0 Å². The van der Waals surface area contributed by atoms with Crippen molar-refractivity contribution < 1.29 is 33.9 Å². The van der Waals surface area contributed by atoms with E-state index in [4.69, 9.17) is 0 Å². The van der Waals surface area contributed by atoms with Crippen LogP contribution < -0.4 is 26.6 Å². The first-order valence-corrected chi connectivity index (χ1v) is 19.8. The number of carbonyl (C=O) groups is 6. The lowest BCUT2D eigenvalue weighted by Gasteiger charge is -2.35. The van der Waals surface area contributed by atoms with Gasteiger partial charge in [-0.2, -0.15) is 0 Å². The second-order valence-corrected chi connectivity index (χ2v) is 16.3. The molecule has 2 aliphatic rings. The van der Waals surface area contributed by atoms with Crippen LogP contribution in [0.5, 0.6) is 0 Å². The highest BCUT2D eigenvalue weighted by molar-refractivity contribution is 5.97. The topological polar surface area (TPSA) is 212 Å². The SMILES string of the molecule is CCC[C@H](NC(=O)[C@@H]1CCC[C@@H]1NC(=O)[C@@H](NC(=O)[C@@H](NC(=O)c1cnccn1)C1CCCCC1)C(C)(C)C)C(O)C(=O)N[C@@H](C(=O)N(C)C)c1ccccc1. The molecule has 0 aliphatic heterocycles. The van der Waals surface area contributed by atoms with Crippen molar-refractivity contribution in [2.75, 3.05) is 14.1 Å². The number of nitrogens with one attached hydrogen (secondary N) is 5. The van der Waals surface area contributed by atoms with Gasteiger partial charge in [-0.1, -0.05) is 90.1 Å². The van der Waals surface area contributed by atoms with Crippen LogP contribution in [0.1, 0.15) is 114 Å². The second kappa shape index (κ2) is 20.3. The van der Waals surface area contributed by atoms with Crippen LogP contribution in [0, 0.1) is 17.3 Å². The largest absolute Gasteiger partial charge is 0.381 e. The molecule has 15 heteroatoms. The molecule has 306 valence electrons. The molecule has 1 unspecified atom stereocenters. The summed E-state index contributed by atoms with van der Waals surface area (Å²) in [5.41, 5.74) is -0.104. The molecule has 56 heavy (non-hydrogen) atoms. The van der Waals surface area contributed by atoms with Gasteiger partial charge in [0.25, 0.3) is 11.8 Å². The van der Waals surface area contributed by atoms with Crippen molar-refractivity contribution in [3.63, 3.8) is 0 Å². The van der Waals surface area contributed by atoms with Crippen LogP contribution in [0.15, 0.2) is 48.9 Å². The van der Waals surface area contributed by atoms with Crippen molar-refractivity contribution in [2.45, 2.75) is 128 Å². The van der Waals surface area contributed by atoms with Gasteiger partial charge in [-0.3, -0.25) is 33.8 Å². The third-order valence-electron chi connectivity index (χ3n) is 10.8. The van der Waals surface area contributed by atoms with Gasteiger partial charge < -0.3 is 36.6 Å². The fourth-order valence-electron chi connectivity index (χ4n) is 7.63. The molecule has 2 saturated carbocycles. The number of rotatable bonds is 16. The van der Waals surface area contributed by atoms with E-state index < -0.39 is 77.2 Å². The number of hydrogen-bond acceptors (Lipinski definition) is 9. The number of benzene rings is 1. The third kappa shape index (κ3) is 11.8. The summed E-state index contributed by atoms with van der Waals surface area (Å²) < 4.78 is 0. The van der Waals surface area contributed by atoms with Crippen molar-refractivity contribution in [1.82, 2.24) is 41.5 Å². The molecule has 7 atom stereocenters. The molecular weight excluding hydrogens is 716 g/mol. The Morgan fingerprint density at radius 3 is 2.14 bits per heavy atom. The Kier molecular flexibility index (Phi) is 15.9. The Morgan fingerprint density at radius 2 is 1.54 bits per heavy atom. The molecule has 1 aromatic heterocycles. The minimum atomic E-state index is -1.65. The minimum absolute atomic E-state index is 0.0851. The summed E-state index contributed by atoms with van der Waals surface area (Å²) in [7, 11) is 3.15. The van der Waals surface area contributed by atoms with E-state index in [-0.39, 0.29) is 23.9 Å². The highest BCUT2D eigenvalue weighted by Gasteiger charge is 2.42. The maximum absolute atomic E-state index is 14.0. The van der Waals surface area contributed by atoms with E-state index in [1.165, 1.54) is 23.5 Å². The molecule has 0 spiro atoms. The minimum Gasteiger partial charge on any atom is -0.381 e. The van der Waals surface area contributed by atoms with E-state index in [0.29, 0.717) is 31.2 Å².